The zero-order valence-electron chi connectivity index (χ0n) is 17.3. The molecule has 0 spiro atoms. The second-order valence-corrected chi connectivity index (χ2v) is 6.90. The van der Waals surface area contributed by atoms with Crippen molar-refractivity contribution >= 4 is 35.8 Å². The second-order valence-electron chi connectivity index (χ2n) is 6.90. The highest BCUT2D eigenvalue weighted by Gasteiger charge is 2.25. The fourth-order valence-corrected chi connectivity index (χ4v) is 3.37. The maximum Gasteiger partial charge on any atom is 0.191 e. The van der Waals surface area contributed by atoms with Gasteiger partial charge in [0.2, 0.25) is 0 Å². The number of nitrogens with one attached hydrogen (secondary N) is 2. The number of aromatic nitrogens is 1. The number of aliphatic imine (C=N–C) groups is 1. The van der Waals surface area contributed by atoms with Crippen molar-refractivity contribution in [3.8, 4) is 11.5 Å². The van der Waals surface area contributed by atoms with E-state index in [1.54, 1.807) is 18.3 Å². The molecular formula is C21H29FIN5O2. The van der Waals surface area contributed by atoms with Crippen molar-refractivity contribution in [2.24, 2.45) is 4.99 Å². The summed E-state index contributed by atoms with van der Waals surface area (Å²) in [5.74, 6) is 1.44. The van der Waals surface area contributed by atoms with Gasteiger partial charge in [0.05, 0.1) is 7.11 Å². The normalized spacial score (nSPS) is 16.2. The highest BCUT2D eigenvalue weighted by atomic mass is 127. The molecule has 164 valence electrons. The summed E-state index contributed by atoms with van der Waals surface area (Å²) < 4.78 is 19.1. The molecule has 3 rings (SSSR count). The largest absolute Gasteiger partial charge is 0.504 e. The number of guanidine groups is 1. The third-order valence-corrected chi connectivity index (χ3v) is 4.83. The number of phenolic OH excluding ortho intramolecular Hbond substituents is 1. The predicted molar refractivity (Wildman–Crippen MR) is 128 cm³/mol. The number of methoxy groups -OCH3 is 1. The molecule has 0 aliphatic carbocycles. The average Bonchev–Trinajstić information content (AvgIpc) is 3.18. The third kappa shape index (κ3) is 6.35. The van der Waals surface area contributed by atoms with E-state index in [1.165, 1.54) is 13.2 Å². The summed E-state index contributed by atoms with van der Waals surface area (Å²) in [5.41, 5.74) is 1.04. The summed E-state index contributed by atoms with van der Waals surface area (Å²) >= 11 is 0. The van der Waals surface area contributed by atoms with Gasteiger partial charge in [0.15, 0.2) is 29.1 Å². The van der Waals surface area contributed by atoms with Crippen molar-refractivity contribution in [3.05, 3.63) is 47.9 Å². The fraction of sp³-hybridized carbons (Fsp3) is 0.429. The maximum atomic E-state index is 14.0. The zero-order valence-corrected chi connectivity index (χ0v) is 19.6. The molecule has 1 aliphatic heterocycles. The van der Waals surface area contributed by atoms with Gasteiger partial charge in [-0.2, -0.15) is 0 Å². The predicted octanol–water partition coefficient (Wildman–Crippen LogP) is 2.93. The minimum Gasteiger partial charge on any atom is -0.504 e. The van der Waals surface area contributed by atoms with Crippen molar-refractivity contribution in [2.45, 2.75) is 25.8 Å². The molecule has 0 saturated carbocycles. The standard InChI is InChI=1S/C21H28FN5O2.HI/c1-3-23-21(25-11-8-15-6-7-18(28)19(13-15)29-2)26-16-9-12-27(14-16)20-17(22)5-4-10-24-20;/h4-7,10,13,16,28H,3,8-9,11-12,14H2,1-2H3,(H2,23,25,26);1H. The number of hydrogen-bond donors (Lipinski definition) is 3. The van der Waals surface area contributed by atoms with E-state index >= 15 is 0 Å². The van der Waals surface area contributed by atoms with Crippen LogP contribution >= 0.6 is 24.0 Å². The van der Waals surface area contributed by atoms with E-state index in [0.717, 1.165) is 37.5 Å². The minimum atomic E-state index is -0.293. The van der Waals surface area contributed by atoms with E-state index in [1.807, 2.05) is 24.0 Å². The Kier molecular flexibility index (Phi) is 9.41. The van der Waals surface area contributed by atoms with Gasteiger partial charge >= 0.3 is 0 Å². The molecule has 1 atom stereocenters. The number of pyridine rings is 1. The Labute approximate surface area is 193 Å². The first kappa shape index (κ1) is 24.0. The Balaban J connectivity index is 0.00000320. The Morgan fingerprint density at radius 1 is 1.40 bits per heavy atom. The number of phenols is 1. The SMILES string of the molecule is CCNC(=NCCc1ccc(O)c(OC)c1)NC1CCN(c2ncccc2F)C1.I. The minimum absolute atomic E-state index is 0. The van der Waals surface area contributed by atoms with Crippen LogP contribution in [0.3, 0.4) is 0 Å². The van der Waals surface area contributed by atoms with E-state index in [2.05, 4.69) is 20.6 Å². The molecule has 1 saturated heterocycles. The van der Waals surface area contributed by atoms with Gasteiger partial charge in [-0.25, -0.2) is 9.37 Å². The Morgan fingerprint density at radius 2 is 2.23 bits per heavy atom. The monoisotopic (exact) mass is 529 g/mol. The molecule has 30 heavy (non-hydrogen) atoms. The van der Waals surface area contributed by atoms with Crippen LogP contribution in [0.4, 0.5) is 10.2 Å². The molecule has 1 unspecified atom stereocenters. The van der Waals surface area contributed by atoms with Gasteiger partial charge in [-0.15, -0.1) is 24.0 Å². The van der Waals surface area contributed by atoms with Crippen LogP contribution < -0.4 is 20.3 Å². The second kappa shape index (κ2) is 11.8. The van der Waals surface area contributed by atoms with Crippen molar-refractivity contribution in [2.75, 3.05) is 38.2 Å². The molecule has 0 radical (unpaired) electrons. The maximum absolute atomic E-state index is 14.0. The first-order valence-electron chi connectivity index (χ1n) is 9.87. The Hall–Kier alpha value is -2.30. The molecule has 1 fully saturated rings. The molecule has 0 bridgehead atoms. The van der Waals surface area contributed by atoms with Gasteiger partial charge in [-0.1, -0.05) is 6.07 Å². The quantitative estimate of drug-likeness (QED) is 0.291. The van der Waals surface area contributed by atoms with E-state index in [4.69, 9.17) is 4.74 Å². The highest BCUT2D eigenvalue weighted by Crippen LogP contribution is 2.26. The molecule has 9 heteroatoms. The summed E-state index contributed by atoms with van der Waals surface area (Å²) in [4.78, 5) is 10.8. The van der Waals surface area contributed by atoms with Gasteiger partial charge in [-0.3, -0.25) is 4.99 Å². The van der Waals surface area contributed by atoms with E-state index in [-0.39, 0.29) is 41.6 Å². The Bertz CT molecular complexity index is 852. The molecule has 1 aliphatic rings. The van der Waals surface area contributed by atoms with Gasteiger partial charge in [0.25, 0.3) is 0 Å². The summed E-state index contributed by atoms with van der Waals surface area (Å²) in [6.45, 7) is 4.79. The molecule has 1 aromatic heterocycles. The van der Waals surface area contributed by atoms with Crippen LogP contribution in [-0.4, -0.2) is 55.4 Å². The van der Waals surface area contributed by atoms with Gasteiger partial charge in [0, 0.05) is 38.4 Å². The van der Waals surface area contributed by atoms with Gasteiger partial charge < -0.3 is 25.4 Å². The Morgan fingerprint density at radius 3 is 2.97 bits per heavy atom. The summed E-state index contributed by atoms with van der Waals surface area (Å²) in [5, 5.41) is 16.4. The molecule has 3 N–H and O–H groups in total. The summed E-state index contributed by atoms with van der Waals surface area (Å²) in [6.07, 6.45) is 3.22. The van der Waals surface area contributed by atoms with E-state index in [0.29, 0.717) is 24.7 Å². The number of benzene rings is 1. The summed E-state index contributed by atoms with van der Waals surface area (Å²) in [7, 11) is 1.53. The molecular weight excluding hydrogens is 500 g/mol. The molecule has 2 aromatic rings. The van der Waals surface area contributed by atoms with Crippen LogP contribution in [-0.2, 0) is 6.42 Å². The summed E-state index contributed by atoms with van der Waals surface area (Å²) in [6, 6.07) is 8.52. The fourth-order valence-electron chi connectivity index (χ4n) is 3.37. The van der Waals surface area contributed by atoms with Crippen LogP contribution in [0.1, 0.15) is 18.9 Å². The smallest absolute Gasteiger partial charge is 0.191 e. The van der Waals surface area contributed by atoms with Crippen molar-refractivity contribution in [1.29, 1.82) is 0 Å². The number of ether oxygens (including phenoxy) is 1. The number of rotatable bonds is 7. The lowest BCUT2D eigenvalue weighted by Crippen LogP contribution is -2.44. The van der Waals surface area contributed by atoms with Gasteiger partial charge in [-0.05, 0) is 49.6 Å². The van der Waals surface area contributed by atoms with Crippen LogP contribution in [0, 0.1) is 5.82 Å². The van der Waals surface area contributed by atoms with Crippen LogP contribution in [0.25, 0.3) is 0 Å². The first-order valence-corrected chi connectivity index (χ1v) is 9.87. The lowest BCUT2D eigenvalue weighted by atomic mass is 10.1. The van der Waals surface area contributed by atoms with Crippen LogP contribution in [0.15, 0.2) is 41.5 Å². The zero-order chi connectivity index (χ0) is 20.6. The lowest BCUT2D eigenvalue weighted by Gasteiger charge is -2.20. The molecule has 7 nitrogen and oxygen atoms in total. The van der Waals surface area contributed by atoms with Crippen molar-refractivity contribution in [3.63, 3.8) is 0 Å². The first-order chi connectivity index (χ1) is 14.1. The molecule has 0 amide bonds. The third-order valence-electron chi connectivity index (χ3n) is 4.83. The number of nitrogens with zero attached hydrogens (tertiary/aromatic N) is 3. The van der Waals surface area contributed by atoms with Crippen molar-refractivity contribution < 1.29 is 14.2 Å². The lowest BCUT2D eigenvalue weighted by molar-refractivity contribution is 0.373. The van der Waals surface area contributed by atoms with E-state index < -0.39 is 0 Å². The molecule has 2 heterocycles. The van der Waals surface area contributed by atoms with E-state index in [9.17, 15) is 9.50 Å². The molecule has 1 aromatic carbocycles. The highest BCUT2D eigenvalue weighted by molar-refractivity contribution is 14.0. The number of aromatic hydroxyl groups is 1. The topological polar surface area (TPSA) is 82.0 Å². The number of hydrogen-bond acceptors (Lipinski definition) is 5. The van der Waals surface area contributed by atoms with Crippen LogP contribution in [0.2, 0.25) is 0 Å². The van der Waals surface area contributed by atoms with Crippen LogP contribution in [0.5, 0.6) is 11.5 Å². The number of halogens is 2. The van der Waals surface area contributed by atoms with Crippen molar-refractivity contribution in [1.82, 2.24) is 15.6 Å². The number of anilines is 1. The average molecular weight is 529 g/mol. The van der Waals surface area contributed by atoms with Gasteiger partial charge in [0.1, 0.15) is 0 Å².